The zero-order valence-corrected chi connectivity index (χ0v) is 15.9. The van der Waals surface area contributed by atoms with Crippen molar-refractivity contribution in [3.05, 3.63) is 62.7 Å². The third-order valence-electron chi connectivity index (χ3n) is 3.13. The molecule has 26 heavy (non-hydrogen) atoms. The molecule has 2 aromatic carbocycles. The van der Waals surface area contributed by atoms with Gasteiger partial charge in [0.05, 0.1) is 21.5 Å². The Hall–Kier alpha value is -1.81. The molecule has 2 rings (SSSR count). The van der Waals surface area contributed by atoms with Crippen molar-refractivity contribution in [1.29, 1.82) is 0 Å². The quantitative estimate of drug-likeness (QED) is 0.401. The number of halogens is 4. The maximum atomic E-state index is 13.3. The summed E-state index contributed by atoms with van der Waals surface area (Å²) in [5.74, 6) is -5.77. The largest absolute Gasteiger partial charge is 1.00 e. The number of hydrogen-bond acceptors (Lipinski definition) is 5. The predicted molar refractivity (Wildman–Crippen MR) is 78.8 cm³/mol. The molecule has 0 unspecified atom stereocenters. The molecule has 0 saturated carbocycles. The van der Waals surface area contributed by atoms with E-state index in [0.717, 1.165) is 36.4 Å². The summed E-state index contributed by atoms with van der Waals surface area (Å²) in [6.07, 6.45) is 0. The molecule has 0 aliphatic heterocycles. The molecular weight excluding hydrogens is 390 g/mol. The van der Waals surface area contributed by atoms with Gasteiger partial charge in [0.15, 0.2) is 6.67 Å². The Balaban J connectivity index is 0.00000338. The Morgan fingerprint density at radius 1 is 1.23 bits per heavy atom. The molecule has 11 heteroatoms. The van der Waals surface area contributed by atoms with Gasteiger partial charge < -0.3 is 14.6 Å². The fraction of sp³-hybridized carbons (Fsp3) is 0.133. The summed E-state index contributed by atoms with van der Waals surface area (Å²) in [4.78, 5) is 20.8. The third kappa shape index (κ3) is 4.88. The molecule has 0 bridgehead atoms. The number of aromatic carboxylic acids is 1. The van der Waals surface area contributed by atoms with E-state index in [1.54, 1.807) is 0 Å². The zero-order valence-electron chi connectivity index (χ0n) is 13.2. The number of carboxylic acid groups (broad SMARTS) is 1. The van der Waals surface area contributed by atoms with Gasteiger partial charge in [-0.05, 0) is 30.3 Å². The van der Waals surface area contributed by atoms with E-state index in [-0.39, 0.29) is 46.1 Å². The average molecular weight is 398 g/mol. The molecular formula is C15H8ClF3NNaO5. The number of nitro benzene ring substituents is 1. The summed E-state index contributed by atoms with van der Waals surface area (Å²) < 4.78 is 44.1. The Bertz CT molecular complexity index is 850. The van der Waals surface area contributed by atoms with Crippen molar-refractivity contribution in [1.82, 2.24) is 0 Å². The van der Waals surface area contributed by atoms with E-state index in [1.165, 1.54) is 0 Å². The minimum Gasteiger partial charge on any atom is -0.545 e. The van der Waals surface area contributed by atoms with Crippen LogP contribution in [-0.4, -0.2) is 17.6 Å². The topological polar surface area (TPSA) is 92.5 Å². The number of ether oxygens (including phenoxy) is 1. The van der Waals surface area contributed by atoms with Gasteiger partial charge >= 0.3 is 35.5 Å². The smallest absolute Gasteiger partial charge is 0.545 e. The van der Waals surface area contributed by atoms with Crippen molar-refractivity contribution >= 4 is 23.3 Å². The molecule has 0 N–H and O–H groups in total. The van der Waals surface area contributed by atoms with Crippen LogP contribution in [0.2, 0.25) is 5.02 Å². The maximum absolute atomic E-state index is 13.3. The van der Waals surface area contributed by atoms with E-state index in [4.69, 9.17) is 16.3 Å². The number of hydrogen-bond donors (Lipinski definition) is 0. The summed E-state index contributed by atoms with van der Waals surface area (Å²) in [7, 11) is 0. The van der Waals surface area contributed by atoms with Gasteiger partial charge in [-0.25, -0.2) is 4.39 Å². The average Bonchev–Trinajstić information content (AvgIpc) is 2.56. The summed E-state index contributed by atoms with van der Waals surface area (Å²) in [6.45, 7) is -1.90. The normalized spacial score (nSPS) is 10.8. The fourth-order valence-electron chi connectivity index (χ4n) is 1.92. The summed E-state index contributed by atoms with van der Waals surface area (Å²) in [6, 6.07) is 5.58. The first kappa shape index (κ1) is 22.2. The van der Waals surface area contributed by atoms with E-state index in [1.807, 2.05) is 0 Å². The van der Waals surface area contributed by atoms with Gasteiger partial charge in [0.2, 0.25) is 0 Å². The first-order valence-electron chi connectivity index (χ1n) is 6.57. The van der Waals surface area contributed by atoms with Crippen molar-refractivity contribution in [2.75, 3.05) is 6.67 Å². The minimum absolute atomic E-state index is 0. The van der Waals surface area contributed by atoms with E-state index in [0.29, 0.717) is 0 Å². The Labute approximate surface area is 172 Å². The molecule has 2 aromatic rings. The molecule has 0 amide bonds. The van der Waals surface area contributed by atoms with Crippen LogP contribution < -0.4 is 39.4 Å². The van der Waals surface area contributed by atoms with Crippen molar-refractivity contribution in [3.63, 3.8) is 0 Å². The van der Waals surface area contributed by atoms with Crippen molar-refractivity contribution < 1.29 is 62.3 Å². The van der Waals surface area contributed by atoms with Gasteiger partial charge in [-0.3, -0.25) is 10.1 Å². The Morgan fingerprint density at radius 2 is 1.88 bits per heavy atom. The molecule has 0 aromatic heterocycles. The molecule has 132 valence electrons. The Morgan fingerprint density at radius 3 is 2.38 bits per heavy atom. The first-order valence-corrected chi connectivity index (χ1v) is 6.95. The van der Waals surface area contributed by atoms with E-state index >= 15 is 0 Å². The summed E-state index contributed by atoms with van der Waals surface area (Å²) in [5, 5.41) is 21.5. The van der Waals surface area contributed by atoms with Crippen LogP contribution in [0.3, 0.4) is 0 Å². The molecule has 0 aliphatic rings. The Kier molecular flexibility index (Phi) is 7.45. The van der Waals surface area contributed by atoms with Crippen LogP contribution in [0.1, 0.15) is 15.9 Å². The first-order chi connectivity index (χ1) is 11.7. The molecule has 0 spiro atoms. The number of carbonyl (C=O) groups is 1. The van der Waals surface area contributed by atoms with Gasteiger partial charge in [0.25, 0.3) is 5.69 Å². The molecule has 0 fully saturated rings. The van der Waals surface area contributed by atoms with Crippen LogP contribution in [0, 0.1) is 10.1 Å². The van der Waals surface area contributed by atoms with Gasteiger partial charge in [-0.15, -0.1) is 0 Å². The zero-order chi connectivity index (χ0) is 18.8. The van der Waals surface area contributed by atoms with Crippen molar-refractivity contribution in [3.8, 4) is 11.5 Å². The maximum Gasteiger partial charge on any atom is 1.00 e. The molecule has 6 nitrogen and oxygen atoms in total. The molecule has 0 heterocycles. The van der Waals surface area contributed by atoms with Gasteiger partial charge in [0.1, 0.15) is 11.5 Å². The second-order valence-corrected chi connectivity index (χ2v) is 5.22. The van der Waals surface area contributed by atoms with Crippen LogP contribution in [0.4, 0.5) is 18.9 Å². The number of rotatable bonds is 6. The minimum atomic E-state index is -3.71. The SMILES string of the molecule is O=C([O-])c1cc(Oc2ccc(C(F)(F)CF)cc2Cl)ccc1[N+](=O)[O-].[Na+]. The number of alkyl halides is 3. The summed E-state index contributed by atoms with van der Waals surface area (Å²) >= 11 is 5.81. The van der Waals surface area contributed by atoms with E-state index in [2.05, 4.69) is 0 Å². The number of carbonyl (C=O) groups excluding carboxylic acids is 1. The number of nitro groups is 1. The van der Waals surface area contributed by atoms with Crippen LogP contribution >= 0.6 is 11.6 Å². The second kappa shape index (κ2) is 8.72. The number of nitrogens with zero attached hydrogens (tertiary/aromatic N) is 1. The van der Waals surface area contributed by atoms with Crippen LogP contribution in [0.25, 0.3) is 0 Å². The second-order valence-electron chi connectivity index (χ2n) is 4.81. The van der Waals surface area contributed by atoms with Gasteiger partial charge in [0, 0.05) is 11.6 Å². The number of benzene rings is 2. The summed E-state index contributed by atoms with van der Waals surface area (Å²) in [5.41, 5.74) is -2.08. The van der Waals surface area contributed by atoms with Crippen LogP contribution in [0.5, 0.6) is 11.5 Å². The molecule has 0 aliphatic carbocycles. The fourth-order valence-corrected chi connectivity index (χ4v) is 2.14. The van der Waals surface area contributed by atoms with Gasteiger partial charge in [-0.1, -0.05) is 11.6 Å². The molecule has 0 radical (unpaired) electrons. The van der Waals surface area contributed by atoms with Gasteiger partial charge in [-0.2, -0.15) is 8.78 Å². The van der Waals surface area contributed by atoms with E-state index < -0.39 is 40.3 Å². The number of carboxylic acids is 1. The van der Waals surface area contributed by atoms with Crippen LogP contribution in [-0.2, 0) is 5.92 Å². The third-order valence-corrected chi connectivity index (χ3v) is 3.43. The monoisotopic (exact) mass is 397 g/mol. The molecule has 0 saturated heterocycles. The van der Waals surface area contributed by atoms with Crippen molar-refractivity contribution in [2.24, 2.45) is 0 Å². The standard InChI is InChI=1S/C15H9ClF3NO5.Na/c16-11-5-8(15(18,19)7-17)1-4-13(11)25-9-2-3-12(20(23)24)10(6-9)14(21)22;/h1-6H,7H2,(H,21,22);/q;+1/p-1. The van der Waals surface area contributed by atoms with E-state index in [9.17, 15) is 33.2 Å². The van der Waals surface area contributed by atoms with Crippen molar-refractivity contribution in [2.45, 2.75) is 5.92 Å². The van der Waals surface area contributed by atoms with Crippen LogP contribution in [0.15, 0.2) is 36.4 Å². The molecule has 0 atom stereocenters. The predicted octanol–water partition coefficient (Wildman–Crippen LogP) is 0.469.